The average Bonchev–Trinajstić information content (AvgIpc) is 1.81. The molecule has 0 aromatic carbocycles. The molecule has 0 heterocycles. The summed E-state index contributed by atoms with van der Waals surface area (Å²) in [5.74, 6) is 0. The van der Waals surface area contributed by atoms with Gasteiger partial charge in [0.15, 0.2) is 0 Å². The van der Waals surface area contributed by atoms with Gasteiger partial charge in [0.1, 0.15) is 0 Å². The van der Waals surface area contributed by atoms with E-state index in [0.717, 1.165) is 0 Å². The fourth-order valence-corrected chi connectivity index (χ4v) is 0.598. The number of phosphoric acid groups is 1. The molecule has 0 aliphatic heterocycles. The Balaban J connectivity index is 0. The van der Waals surface area contributed by atoms with Crippen molar-refractivity contribution in [3.05, 3.63) is 0 Å². The monoisotopic (exact) mass is 178 g/mol. The summed E-state index contributed by atoms with van der Waals surface area (Å²) >= 11 is 0. The van der Waals surface area contributed by atoms with E-state index in [1.165, 1.54) is 0 Å². The molecule has 1 atom stereocenters. The molecule has 6 nitrogen and oxygen atoms in total. The Bertz CT molecular complexity index is 134. The molecule has 0 aromatic rings. The first-order valence-electron chi connectivity index (χ1n) is 2.42. The maximum atomic E-state index is 9.91. The molecule has 0 saturated heterocycles. The number of aliphatic hydroxyl groups is 1. The Morgan fingerprint density at radius 2 is 2.00 bits per heavy atom. The molecule has 3 N–H and O–H groups in total. The van der Waals surface area contributed by atoms with Crippen LogP contribution in [-0.2, 0) is 9.09 Å². The number of phosphoric ester groups is 1. The summed E-state index contributed by atoms with van der Waals surface area (Å²) in [5, 5.41) is 18.2. The van der Waals surface area contributed by atoms with Crippen LogP contribution in [0.4, 0.5) is 0 Å². The van der Waals surface area contributed by atoms with Crippen molar-refractivity contribution in [1.29, 1.82) is 0 Å². The van der Waals surface area contributed by atoms with E-state index in [1.54, 1.807) is 0 Å². The molecule has 0 spiro atoms. The summed E-state index contributed by atoms with van der Waals surface area (Å²) in [6, 6.07) is 0. The molecule has 0 fully saturated rings. The summed E-state index contributed by atoms with van der Waals surface area (Å²) in [6.07, 6.45) is -1.35. The van der Waals surface area contributed by atoms with Gasteiger partial charge in [0.2, 0.25) is 0 Å². The predicted octanol–water partition coefficient (Wildman–Crippen LogP) is -5.18. The second kappa shape index (κ2) is 6.18. The van der Waals surface area contributed by atoms with Crippen LogP contribution in [0.25, 0.3) is 0 Å². The van der Waals surface area contributed by atoms with Crippen LogP contribution in [0.1, 0.15) is 0 Å². The zero-order valence-electron chi connectivity index (χ0n) is 6.01. The second-order valence-corrected chi connectivity index (χ2v) is 2.85. The summed E-state index contributed by atoms with van der Waals surface area (Å²) < 4.78 is 13.7. The van der Waals surface area contributed by atoms with Crippen molar-refractivity contribution in [2.24, 2.45) is 0 Å². The van der Waals surface area contributed by atoms with Crippen LogP contribution in [0.3, 0.4) is 0 Å². The van der Waals surface area contributed by atoms with Crippen LogP contribution in [0.15, 0.2) is 0 Å². The van der Waals surface area contributed by atoms with Crippen LogP contribution in [0.5, 0.6) is 0 Å². The SMILES string of the molecule is O=P(O)(O)OCC(O)C[O-].[Li+]. The maximum absolute atomic E-state index is 9.91. The topological polar surface area (TPSA) is 110 Å². The summed E-state index contributed by atoms with van der Waals surface area (Å²) in [7, 11) is -4.53. The Morgan fingerprint density at radius 3 is 2.27 bits per heavy atom. The summed E-state index contributed by atoms with van der Waals surface area (Å²) in [5.41, 5.74) is 0. The van der Waals surface area contributed by atoms with E-state index in [-0.39, 0.29) is 18.9 Å². The Hall–Kier alpha value is 0.627. The third-order valence-electron chi connectivity index (χ3n) is 0.627. The molecule has 11 heavy (non-hydrogen) atoms. The Kier molecular flexibility index (Phi) is 7.96. The molecular weight excluding hydrogens is 170 g/mol. The van der Waals surface area contributed by atoms with Gasteiger partial charge in [-0.15, -0.1) is 6.61 Å². The van der Waals surface area contributed by atoms with Crippen molar-refractivity contribution in [2.45, 2.75) is 6.10 Å². The minimum atomic E-state index is -4.53. The third kappa shape index (κ3) is 10.6. The van der Waals surface area contributed by atoms with Gasteiger partial charge in [-0.1, -0.05) is 0 Å². The first-order valence-corrected chi connectivity index (χ1v) is 3.95. The first-order chi connectivity index (χ1) is 4.45. The van der Waals surface area contributed by atoms with Crippen LogP contribution in [-0.4, -0.2) is 34.2 Å². The van der Waals surface area contributed by atoms with E-state index in [2.05, 4.69) is 4.52 Å². The van der Waals surface area contributed by atoms with Crippen LogP contribution in [0, 0.1) is 0 Å². The van der Waals surface area contributed by atoms with Gasteiger partial charge < -0.3 is 20.0 Å². The second-order valence-electron chi connectivity index (χ2n) is 1.61. The Morgan fingerprint density at radius 1 is 1.55 bits per heavy atom. The van der Waals surface area contributed by atoms with E-state index in [1.807, 2.05) is 0 Å². The molecule has 0 saturated carbocycles. The molecule has 8 heteroatoms. The van der Waals surface area contributed by atoms with Gasteiger partial charge in [-0.05, 0) is 0 Å². The van der Waals surface area contributed by atoms with Gasteiger partial charge in [0.25, 0.3) is 0 Å². The number of hydrogen-bond acceptors (Lipinski definition) is 4. The van der Waals surface area contributed by atoms with Crippen molar-refractivity contribution in [3.8, 4) is 0 Å². The quantitative estimate of drug-likeness (QED) is 0.293. The zero-order valence-corrected chi connectivity index (χ0v) is 6.90. The minimum Gasteiger partial charge on any atom is -0.853 e. The summed E-state index contributed by atoms with van der Waals surface area (Å²) in [4.78, 5) is 16.1. The number of hydrogen-bond donors (Lipinski definition) is 3. The van der Waals surface area contributed by atoms with Gasteiger partial charge in [-0.25, -0.2) is 4.57 Å². The van der Waals surface area contributed by atoms with E-state index in [4.69, 9.17) is 14.9 Å². The first kappa shape index (κ1) is 14.2. The maximum Gasteiger partial charge on any atom is 1.00 e. The number of rotatable bonds is 4. The molecular formula is C3H8LiO6P. The summed E-state index contributed by atoms with van der Waals surface area (Å²) in [6.45, 7) is -1.46. The molecule has 0 aliphatic carbocycles. The van der Waals surface area contributed by atoms with Gasteiger partial charge in [-0.2, -0.15) is 0 Å². The smallest absolute Gasteiger partial charge is 0.853 e. The van der Waals surface area contributed by atoms with Gasteiger partial charge in [0.05, 0.1) is 12.7 Å². The number of aliphatic hydroxyl groups excluding tert-OH is 1. The van der Waals surface area contributed by atoms with Crippen LogP contribution < -0.4 is 24.0 Å². The largest absolute Gasteiger partial charge is 1.00 e. The molecule has 62 valence electrons. The molecule has 0 bridgehead atoms. The molecule has 1 unspecified atom stereocenters. The molecule has 0 aromatic heterocycles. The van der Waals surface area contributed by atoms with Crippen molar-refractivity contribution in [3.63, 3.8) is 0 Å². The van der Waals surface area contributed by atoms with Crippen molar-refractivity contribution >= 4 is 7.82 Å². The molecule has 0 aliphatic rings. The standard InChI is InChI=1S/C3H8O6P.Li/c4-1-3(5)2-9-10(6,7)8;/h3,5H,1-2H2,(H2,6,7,8);/q-1;+1. The van der Waals surface area contributed by atoms with Crippen LogP contribution >= 0.6 is 7.82 Å². The van der Waals surface area contributed by atoms with Crippen molar-refractivity contribution in [1.82, 2.24) is 0 Å². The zero-order chi connectivity index (χ0) is 8.20. The molecule has 0 radical (unpaired) electrons. The molecule has 0 amide bonds. The van der Waals surface area contributed by atoms with Crippen LogP contribution in [0.2, 0.25) is 0 Å². The van der Waals surface area contributed by atoms with E-state index >= 15 is 0 Å². The normalized spacial score (nSPS) is 13.8. The fraction of sp³-hybridized carbons (Fsp3) is 1.00. The Labute approximate surface area is 75.6 Å². The third-order valence-corrected chi connectivity index (χ3v) is 1.11. The van der Waals surface area contributed by atoms with Gasteiger partial charge in [0, 0.05) is 0 Å². The van der Waals surface area contributed by atoms with E-state index in [9.17, 15) is 9.67 Å². The van der Waals surface area contributed by atoms with Gasteiger partial charge >= 0.3 is 26.7 Å². The van der Waals surface area contributed by atoms with E-state index in [0.29, 0.717) is 0 Å². The van der Waals surface area contributed by atoms with Gasteiger partial charge in [-0.3, -0.25) is 4.52 Å². The minimum absolute atomic E-state index is 0. The predicted molar refractivity (Wildman–Crippen MR) is 28.9 cm³/mol. The average molecular weight is 178 g/mol. The van der Waals surface area contributed by atoms with E-state index < -0.39 is 27.1 Å². The van der Waals surface area contributed by atoms with Crippen molar-refractivity contribution in [2.75, 3.05) is 13.2 Å². The molecule has 0 rings (SSSR count). The van der Waals surface area contributed by atoms with Crippen molar-refractivity contribution < 1.29 is 47.9 Å². The fourth-order valence-electron chi connectivity index (χ4n) is 0.231.